The summed E-state index contributed by atoms with van der Waals surface area (Å²) in [6.45, 7) is 5.42. The van der Waals surface area contributed by atoms with Crippen molar-refractivity contribution in [1.82, 2.24) is 29.9 Å². The number of ether oxygens (including phenoxy) is 4. The minimum atomic E-state index is -0.761. The molecule has 0 bridgehead atoms. The SMILES string of the molecule is CCOCCOc1cc(OCc2c(-c3ccc(O[C@H]4CCC[C@H](C(=O)O)C4)c(C)n3)nnn2C)ncn1. The highest BCUT2D eigenvalue weighted by molar-refractivity contribution is 5.70. The van der Waals surface area contributed by atoms with E-state index >= 15 is 0 Å². The number of aliphatic carboxylic acids is 1. The molecule has 0 aromatic carbocycles. The number of hydrogen-bond acceptors (Lipinski definition) is 10. The highest BCUT2D eigenvalue weighted by atomic mass is 16.5. The Morgan fingerprint density at radius 3 is 2.73 bits per heavy atom. The minimum absolute atomic E-state index is 0.136. The van der Waals surface area contributed by atoms with Gasteiger partial charge in [0.05, 0.1) is 36.1 Å². The summed E-state index contributed by atoms with van der Waals surface area (Å²) in [7, 11) is 1.78. The molecule has 0 aliphatic heterocycles. The molecular formula is C25H32N6O6. The first-order valence-electron chi connectivity index (χ1n) is 12.4. The van der Waals surface area contributed by atoms with Crippen molar-refractivity contribution < 1.29 is 28.8 Å². The predicted molar refractivity (Wildman–Crippen MR) is 131 cm³/mol. The highest BCUT2D eigenvalue weighted by Gasteiger charge is 2.28. The van der Waals surface area contributed by atoms with Crippen LogP contribution in [-0.2, 0) is 23.2 Å². The Balaban J connectivity index is 1.41. The number of carboxylic acid groups (broad SMARTS) is 1. The van der Waals surface area contributed by atoms with Crippen molar-refractivity contribution in [1.29, 1.82) is 0 Å². The Hall–Kier alpha value is -3.80. The molecule has 3 heterocycles. The highest BCUT2D eigenvalue weighted by Crippen LogP contribution is 2.30. The van der Waals surface area contributed by atoms with E-state index < -0.39 is 5.97 Å². The van der Waals surface area contributed by atoms with E-state index in [2.05, 4.69) is 25.3 Å². The predicted octanol–water partition coefficient (Wildman–Crippen LogP) is 2.99. The third-order valence-corrected chi connectivity index (χ3v) is 6.15. The van der Waals surface area contributed by atoms with Crippen molar-refractivity contribution in [2.75, 3.05) is 19.8 Å². The summed E-state index contributed by atoms with van der Waals surface area (Å²) in [6.07, 6.45) is 4.11. The first-order chi connectivity index (χ1) is 17.9. The average Bonchev–Trinajstić information content (AvgIpc) is 3.27. The van der Waals surface area contributed by atoms with Crippen LogP contribution in [0, 0.1) is 12.8 Å². The molecule has 3 aromatic rings. The summed E-state index contributed by atoms with van der Waals surface area (Å²) in [4.78, 5) is 24.3. The van der Waals surface area contributed by atoms with Gasteiger partial charge in [-0.05, 0) is 51.7 Å². The van der Waals surface area contributed by atoms with E-state index in [1.165, 1.54) is 6.33 Å². The number of aromatic nitrogens is 6. The maximum Gasteiger partial charge on any atom is 0.306 e. The molecule has 1 N–H and O–H groups in total. The van der Waals surface area contributed by atoms with E-state index in [1.807, 2.05) is 26.0 Å². The Kier molecular flexibility index (Phi) is 8.83. The maximum atomic E-state index is 11.4. The fourth-order valence-corrected chi connectivity index (χ4v) is 4.17. The lowest BCUT2D eigenvalue weighted by Crippen LogP contribution is -2.29. The fraction of sp³-hybridized carbons (Fsp3) is 0.520. The van der Waals surface area contributed by atoms with Crippen LogP contribution in [-0.4, -0.2) is 66.9 Å². The molecule has 0 radical (unpaired) electrons. The topological polar surface area (TPSA) is 144 Å². The fourth-order valence-electron chi connectivity index (χ4n) is 4.17. The van der Waals surface area contributed by atoms with Gasteiger partial charge in [-0.3, -0.25) is 4.79 Å². The van der Waals surface area contributed by atoms with E-state index in [1.54, 1.807) is 17.8 Å². The summed E-state index contributed by atoms with van der Waals surface area (Å²) in [5.41, 5.74) is 2.63. The lowest BCUT2D eigenvalue weighted by molar-refractivity contribution is -0.143. The van der Waals surface area contributed by atoms with Crippen LogP contribution in [0.1, 0.15) is 44.0 Å². The van der Waals surface area contributed by atoms with Crippen molar-refractivity contribution in [3.05, 3.63) is 35.9 Å². The van der Waals surface area contributed by atoms with Gasteiger partial charge in [-0.2, -0.15) is 0 Å². The van der Waals surface area contributed by atoms with Gasteiger partial charge in [0, 0.05) is 13.7 Å². The summed E-state index contributed by atoms with van der Waals surface area (Å²) >= 11 is 0. The first-order valence-corrected chi connectivity index (χ1v) is 12.4. The number of nitrogens with zero attached hydrogens (tertiary/aromatic N) is 6. The van der Waals surface area contributed by atoms with Gasteiger partial charge in [-0.25, -0.2) is 19.6 Å². The van der Waals surface area contributed by atoms with Crippen molar-refractivity contribution in [3.63, 3.8) is 0 Å². The van der Waals surface area contributed by atoms with E-state index in [9.17, 15) is 9.90 Å². The number of carbonyl (C=O) groups is 1. The van der Waals surface area contributed by atoms with Crippen LogP contribution in [0.4, 0.5) is 0 Å². The Morgan fingerprint density at radius 1 is 1.16 bits per heavy atom. The largest absolute Gasteiger partial charge is 0.489 e. The van der Waals surface area contributed by atoms with Crippen LogP contribution in [0.3, 0.4) is 0 Å². The van der Waals surface area contributed by atoms with Gasteiger partial charge in [0.15, 0.2) is 0 Å². The lowest BCUT2D eigenvalue weighted by atomic mass is 9.87. The Morgan fingerprint density at radius 2 is 1.97 bits per heavy atom. The van der Waals surface area contributed by atoms with Gasteiger partial charge in [-0.15, -0.1) is 5.10 Å². The zero-order valence-corrected chi connectivity index (χ0v) is 21.3. The number of aryl methyl sites for hydroxylation is 2. The summed E-state index contributed by atoms with van der Waals surface area (Å²) < 4.78 is 24.5. The van der Waals surface area contributed by atoms with Crippen LogP contribution in [0.5, 0.6) is 17.5 Å². The number of hydrogen-bond donors (Lipinski definition) is 1. The molecule has 37 heavy (non-hydrogen) atoms. The average molecular weight is 513 g/mol. The number of rotatable bonds is 12. The summed E-state index contributed by atoms with van der Waals surface area (Å²) in [6, 6.07) is 5.28. The molecule has 1 aliphatic rings. The van der Waals surface area contributed by atoms with Crippen LogP contribution >= 0.6 is 0 Å². The second-order valence-electron chi connectivity index (χ2n) is 8.76. The standard InChI is InChI=1S/C25H32N6O6/c1-4-34-10-11-35-22-13-23(27-15-26-22)36-14-20-24(29-30-31(20)3)19-8-9-21(16(2)28-19)37-18-7-5-6-17(12-18)25(32)33/h8-9,13,15,17-18H,4-7,10-12,14H2,1-3H3,(H,32,33)/t17-,18-/m0/s1. The van der Waals surface area contributed by atoms with E-state index in [-0.39, 0.29) is 18.6 Å². The van der Waals surface area contributed by atoms with Crippen LogP contribution in [0.2, 0.25) is 0 Å². The van der Waals surface area contributed by atoms with Crippen LogP contribution in [0.15, 0.2) is 24.5 Å². The molecule has 198 valence electrons. The van der Waals surface area contributed by atoms with E-state index in [0.717, 1.165) is 18.5 Å². The third kappa shape index (κ3) is 6.91. The Bertz CT molecular complexity index is 1200. The second kappa shape index (κ2) is 12.4. The van der Waals surface area contributed by atoms with Gasteiger partial charge in [0.2, 0.25) is 11.8 Å². The van der Waals surface area contributed by atoms with Crippen LogP contribution < -0.4 is 14.2 Å². The van der Waals surface area contributed by atoms with Gasteiger partial charge in [0.25, 0.3) is 0 Å². The van der Waals surface area contributed by atoms with Gasteiger partial charge in [0.1, 0.15) is 36.7 Å². The number of carboxylic acids is 1. The van der Waals surface area contributed by atoms with Crippen LogP contribution in [0.25, 0.3) is 11.4 Å². The Labute approximate surface area is 215 Å². The molecule has 4 rings (SSSR count). The maximum absolute atomic E-state index is 11.4. The minimum Gasteiger partial charge on any atom is -0.489 e. The van der Waals surface area contributed by atoms with E-state index in [4.69, 9.17) is 18.9 Å². The summed E-state index contributed by atoms with van der Waals surface area (Å²) in [5.74, 6) is 0.269. The van der Waals surface area contributed by atoms with Crippen molar-refractivity contribution >= 4 is 5.97 Å². The molecule has 0 saturated heterocycles. The number of pyridine rings is 1. The molecule has 0 unspecified atom stereocenters. The second-order valence-corrected chi connectivity index (χ2v) is 8.76. The molecule has 3 aromatic heterocycles. The molecule has 1 saturated carbocycles. The zero-order chi connectivity index (χ0) is 26.2. The molecule has 0 amide bonds. The molecule has 12 heteroatoms. The normalized spacial score (nSPS) is 17.4. The molecule has 1 fully saturated rings. The quantitative estimate of drug-likeness (QED) is 0.358. The van der Waals surface area contributed by atoms with Gasteiger partial charge >= 0.3 is 5.97 Å². The molecule has 1 aliphatic carbocycles. The first kappa shape index (κ1) is 26.3. The van der Waals surface area contributed by atoms with Crippen molar-refractivity contribution in [2.24, 2.45) is 13.0 Å². The third-order valence-electron chi connectivity index (χ3n) is 6.15. The lowest BCUT2D eigenvalue weighted by Gasteiger charge is -2.27. The van der Waals surface area contributed by atoms with Crippen molar-refractivity contribution in [2.45, 2.75) is 52.2 Å². The molecular weight excluding hydrogens is 480 g/mol. The van der Waals surface area contributed by atoms with Crippen molar-refractivity contribution in [3.8, 4) is 28.9 Å². The van der Waals surface area contributed by atoms with Gasteiger partial charge in [-0.1, -0.05) is 5.21 Å². The smallest absolute Gasteiger partial charge is 0.306 e. The molecule has 2 atom stereocenters. The zero-order valence-electron chi connectivity index (χ0n) is 21.3. The van der Waals surface area contributed by atoms with Gasteiger partial charge < -0.3 is 24.1 Å². The molecule has 12 nitrogen and oxygen atoms in total. The summed E-state index contributed by atoms with van der Waals surface area (Å²) in [5, 5.41) is 17.8. The van der Waals surface area contributed by atoms with E-state index in [0.29, 0.717) is 67.3 Å². The molecule has 0 spiro atoms. The monoisotopic (exact) mass is 512 g/mol.